The number of methoxy groups -OCH3 is 1. The molecule has 2 fully saturated rings. The standard InChI is InChI=1S/C22H27N3O4/c1-15(26)25-7-3-4-17(14-25)18-13-21(28-2)23-20-6-5-16(12-19(18)20)22(27)24-8-10-29-11-9-24/h5-6,12-13,17H,3-4,7-11,14H2,1-2H3. The summed E-state index contributed by atoms with van der Waals surface area (Å²) in [6.45, 7) is 5.47. The smallest absolute Gasteiger partial charge is 0.254 e. The van der Waals surface area contributed by atoms with Crippen molar-refractivity contribution in [2.75, 3.05) is 46.5 Å². The van der Waals surface area contributed by atoms with E-state index in [4.69, 9.17) is 9.47 Å². The third-order valence-corrected chi connectivity index (χ3v) is 5.88. The zero-order valence-corrected chi connectivity index (χ0v) is 17.0. The van der Waals surface area contributed by atoms with E-state index in [1.165, 1.54) is 0 Å². The number of carbonyl (C=O) groups is 2. The molecule has 4 rings (SSSR count). The molecule has 1 aromatic carbocycles. The molecule has 2 aromatic rings. The quantitative estimate of drug-likeness (QED) is 0.796. The number of aromatic nitrogens is 1. The van der Waals surface area contributed by atoms with Gasteiger partial charge in [0.05, 0.1) is 25.8 Å². The van der Waals surface area contributed by atoms with E-state index in [2.05, 4.69) is 4.98 Å². The maximum Gasteiger partial charge on any atom is 0.254 e. The van der Waals surface area contributed by atoms with Gasteiger partial charge in [0.25, 0.3) is 5.91 Å². The van der Waals surface area contributed by atoms with Crippen LogP contribution in [0.25, 0.3) is 10.9 Å². The first-order valence-electron chi connectivity index (χ1n) is 10.2. The fourth-order valence-electron chi connectivity index (χ4n) is 4.27. The van der Waals surface area contributed by atoms with E-state index in [1.807, 2.05) is 34.1 Å². The molecule has 154 valence electrons. The molecule has 0 saturated carbocycles. The predicted molar refractivity (Wildman–Crippen MR) is 109 cm³/mol. The van der Waals surface area contributed by atoms with Gasteiger partial charge in [0.1, 0.15) is 0 Å². The summed E-state index contributed by atoms with van der Waals surface area (Å²) >= 11 is 0. The summed E-state index contributed by atoms with van der Waals surface area (Å²) in [5.74, 6) is 0.870. The van der Waals surface area contributed by atoms with E-state index in [0.717, 1.165) is 35.9 Å². The van der Waals surface area contributed by atoms with Gasteiger partial charge in [-0.25, -0.2) is 4.98 Å². The SMILES string of the molecule is COc1cc(C2CCCN(C(C)=O)C2)c2cc(C(=O)N3CCOCC3)ccc2n1. The maximum absolute atomic E-state index is 13.0. The molecule has 0 aliphatic carbocycles. The Hall–Kier alpha value is -2.67. The average molecular weight is 397 g/mol. The molecule has 0 bridgehead atoms. The number of benzene rings is 1. The number of fused-ring (bicyclic) bond motifs is 1. The van der Waals surface area contributed by atoms with Gasteiger partial charge in [-0.1, -0.05) is 0 Å². The largest absolute Gasteiger partial charge is 0.481 e. The van der Waals surface area contributed by atoms with E-state index in [9.17, 15) is 9.59 Å². The Bertz CT molecular complexity index is 924. The first kappa shape index (κ1) is 19.6. The highest BCUT2D eigenvalue weighted by molar-refractivity contribution is 5.99. The number of carbonyl (C=O) groups excluding carboxylic acids is 2. The van der Waals surface area contributed by atoms with E-state index >= 15 is 0 Å². The molecule has 0 N–H and O–H groups in total. The summed E-state index contributed by atoms with van der Waals surface area (Å²) in [5.41, 5.74) is 2.55. The summed E-state index contributed by atoms with van der Waals surface area (Å²) in [6.07, 6.45) is 1.95. The molecule has 1 atom stereocenters. The predicted octanol–water partition coefficient (Wildman–Crippen LogP) is 2.44. The second-order valence-corrected chi connectivity index (χ2v) is 7.69. The third-order valence-electron chi connectivity index (χ3n) is 5.88. The van der Waals surface area contributed by atoms with Crippen molar-refractivity contribution in [1.29, 1.82) is 0 Å². The van der Waals surface area contributed by atoms with E-state index < -0.39 is 0 Å². The van der Waals surface area contributed by atoms with Crippen molar-refractivity contribution in [2.24, 2.45) is 0 Å². The summed E-state index contributed by atoms with van der Waals surface area (Å²) in [5, 5.41) is 0.959. The van der Waals surface area contributed by atoms with Gasteiger partial charge in [0, 0.05) is 56.0 Å². The van der Waals surface area contributed by atoms with Crippen molar-refractivity contribution in [3.05, 3.63) is 35.4 Å². The number of hydrogen-bond donors (Lipinski definition) is 0. The molecule has 7 nitrogen and oxygen atoms in total. The number of hydrogen-bond acceptors (Lipinski definition) is 5. The number of rotatable bonds is 3. The lowest BCUT2D eigenvalue weighted by Crippen LogP contribution is -2.40. The molecule has 7 heteroatoms. The van der Waals surface area contributed by atoms with Crippen LogP contribution in [0.5, 0.6) is 5.88 Å². The fourth-order valence-corrected chi connectivity index (χ4v) is 4.27. The van der Waals surface area contributed by atoms with Crippen LogP contribution in [-0.4, -0.2) is 73.1 Å². The second kappa shape index (κ2) is 8.37. The van der Waals surface area contributed by atoms with Gasteiger partial charge in [-0.05, 0) is 36.6 Å². The number of ether oxygens (including phenoxy) is 2. The minimum atomic E-state index is 0.0194. The van der Waals surface area contributed by atoms with Crippen molar-refractivity contribution in [3.8, 4) is 5.88 Å². The number of likely N-dealkylation sites (tertiary alicyclic amines) is 1. The summed E-state index contributed by atoms with van der Waals surface area (Å²) < 4.78 is 10.8. The molecule has 1 unspecified atom stereocenters. The number of pyridine rings is 1. The Morgan fingerprint density at radius 2 is 1.93 bits per heavy atom. The number of morpholine rings is 1. The highest BCUT2D eigenvalue weighted by Gasteiger charge is 2.26. The second-order valence-electron chi connectivity index (χ2n) is 7.69. The molecular weight excluding hydrogens is 370 g/mol. The van der Waals surface area contributed by atoms with Gasteiger partial charge in [-0.2, -0.15) is 0 Å². The maximum atomic E-state index is 13.0. The Morgan fingerprint density at radius 3 is 2.66 bits per heavy atom. The number of amides is 2. The Kier molecular flexibility index (Phi) is 5.67. The Labute approximate surface area is 170 Å². The van der Waals surface area contributed by atoms with Gasteiger partial charge >= 0.3 is 0 Å². The molecule has 3 heterocycles. The third kappa shape index (κ3) is 4.05. The van der Waals surface area contributed by atoms with Crippen LogP contribution in [0.2, 0.25) is 0 Å². The van der Waals surface area contributed by atoms with Gasteiger partial charge in [-0.3, -0.25) is 9.59 Å². The van der Waals surface area contributed by atoms with Crippen molar-refractivity contribution in [1.82, 2.24) is 14.8 Å². The lowest BCUT2D eigenvalue weighted by molar-refractivity contribution is -0.130. The lowest BCUT2D eigenvalue weighted by atomic mass is 9.88. The van der Waals surface area contributed by atoms with E-state index in [0.29, 0.717) is 44.3 Å². The molecule has 2 amide bonds. The molecule has 0 spiro atoms. The minimum absolute atomic E-state index is 0.0194. The van der Waals surface area contributed by atoms with Crippen LogP contribution < -0.4 is 4.74 Å². The molecule has 2 aliphatic rings. The van der Waals surface area contributed by atoms with E-state index in [1.54, 1.807) is 14.0 Å². The zero-order valence-electron chi connectivity index (χ0n) is 17.0. The van der Waals surface area contributed by atoms with Crippen LogP contribution in [0.4, 0.5) is 0 Å². The fraction of sp³-hybridized carbons (Fsp3) is 0.500. The average Bonchev–Trinajstić information content (AvgIpc) is 2.78. The first-order valence-corrected chi connectivity index (χ1v) is 10.2. The van der Waals surface area contributed by atoms with Crippen LogP contribution in [-0.2, 0) is 9.53 Å². The summed E-state index contributed by atoms with van der Waals surface area (Å²) in [4.78, 5) is 33.2. The molecule has 29 heavy (non-hydrogen) atoms. The number of piperidine rings is 1. The van der Waals surface area contributed by atoms with Crippen LogP contribution >= 0.6 is 0 Å². The summed E-state index contributed by atoms with van der Waals surface area (Å²) in [7, 11) is 1.61. The van der Waals surface area contributed by atoms with Gasteiger partial charge in [0.15, 0.2) is 0 Å². The van der Waals surface area contributed by atoms with E-state index in [-0.39, 0.29) is 17.7 Å². The van der Waals surface area contributed by atoms with Crippen molar-refractivity contribution >= 4 is 22.7 Å². The van der Waals surface area contributed by atoms with Crippen molar-refractivity contribution in [3.63, 3.8) is 0 Å². The van der Waals surface area contributed by atoms with Crippen LogP contribution in [0.1, 0.15) is 41.6 Å². The van der Waals surface area contributed by atoms with Gasteiger partial charge < -0.3 is 19.3 Å². The van der Waals surface area contributed by atoms with Crippen LogP contribution in [0.15, 0.2) is 24.3 Å². The lowest BCUT2D eigenvalue weighted by Gasteiger charge is -2.33. The van der Waals surface area contributed by atoms with Crippen molar-refractivity contribution in [2.45, 2.75) is 25.7 Å². The monoisotopic (exact) mass is 397 g/mol. The molecule has 2 aliphatic heterocycles. The topological polar surface area (TPSA) is 72.0 Å². The first-order chi connectivity index (χ1) is 14.1. The highest BCUT2D eigenvalue weighted by Crippen LogP contribution is 2.34. The molecule has 2 saturated heterocycles. The van der Waals surface area contributed by atoms with Crippen LogP contribution in [0, 0.1) is 0 Å². The minimum Gasteiger partial charge on any atom is -0.481 e. The van der Waals surface area contributed by atoms with Gasteiger partial charge in [-0.15, -0.1) is 0 Å². The molecule has 1 aromatic heterocycles. The normalized spacial score (nSPS) is 20.0. The highest BCUT2D eigenvalue weighted by atomic mass is 16.5. The zero-order chi connectivity index (χ0) is 20.4. The van der Waals surface area contributed by atoms with Gasteiger partial charge in [0.2, 0.25) is 11.8 Å². The van der Waals surface area contributed by atoms with Crippen LogP contribution in [0.3, 0.4) is 0 Å². The Morgan fingerprint density at radius 1 is 1.14 bits per heavy atom. The Balaban J connectivity index is 1.73. The molecular formula is C22H27N3O4. The molecule has 0 radical (unpaired) electrons. The van der Waals surface area contributed by atoms with Crippen molar-refractivity contribution < 1.29 is 19.1 Å². The summed E-state index contributed by atoms with van der Waals surface area (Å²) in [6, 6.07) is 7.63. The number of nitrogens with zero attached hydrogens (tertiary/aromatic N) is 3.